The van der Waals surface area contributed by atoms with Gasteiger partial charge in [-0.05, 0) is 35.7 Å². The number of anilines is 1. The lowest BCUT2D eigenvalue weighted by Crippen LogP contribution is -2.45. The Morgan fingerprint density at radius 3 is 2.93 bits per heavy atom. The summed E-state index contributed by atoms with van der Waals surface area (Å²) in [6.07, 6.45) is 0. The Morgan fingerprint density at radius 1 is 1.33 bits per heavy atom. The first kappa shape index (κ1) is 17.2. The van der Waals surface area contributed by atoms with Crippen LogP contribution in [0, 0.1) is 11.3 Å². The zero-order valence-electron chi connectivity index (χ0n) is 14.2. The van der Waals surface area contributed by atoms with Gasteiger partial charge in [0.05, 0.1) is 29.7 Å². The lowest BCUT2D eigenvalue weighted by molar-refractivity contribution is 0.00349. The van der Waals surface area contributed by atoms with Gasteiger partial charge in [0.1, 0.15) is 6.04 Å². The number of nitrogens with one attached hydrogen (secondary N) is 1. The fraction of sp³-hybridized carbons (Fsp3) is 0.222. The number of carbonyl (C=O) groups excluding carboxylic acids is 1. The van der Waals surface area contributed by atoms with Crippen molar-refractivity contribution in [3.05, 3.63) is 53.2 Å². The van der Waals surface area contributed by atoms with Gasteiger partial charge in [-0.1, -0.05) is 11.2 Å². The first-order valence-corrected chi connectivity index (χ1v) is 9.15. The van der Waals surface area contributed by atoms with E-state index in [1.165, 1.54) is 11.3 Å². The van der Waals surface area contributed by atoms with Crippen LogP contribution in [0.2, 0.25) is 0 Å². The third-order valence-electron chi connectivity index (χ3n) is 4.12. The summed E-state index contributed by atoms with van der Waals surface area (Å²) in [5.74, 6) is 0.839. The van der Waals surface area contributed by atoms with Crippen LogP contribution in [0.25, 0.3) is 10.7 Å². The molecular formula is C18H15N5O3S. The van der Waals surface area contributed by atoms with Gasteiger partial charge < -0.3 is 19.5 Å². The third kappa shape index (κ3) is 3.67. The van der Waals surface area contributed by atoms with Crippen LogP contribution in [-0.2, 0) is 4.74 Å². The Kier molecular flexibility index (Phi) is 4.82. The molecule has 1 atom stereocenters. The number of thiophene rings is 1. The van der Waals surface area contributed by atoms with Crippen LogP contribution in [0.3, 0.4) is 0 Å². The van der Waals surface area contributed by atoms with Crippen molar-refractivity contribution in [2.24, 2.45) is 0 Å². The zero-order chi connectivity index (χ0) is 18.6. The predicted molar refractivity (Wildman–Crippen MR) is 98.1 cm³/mol. The van der Waals surface area contributed by atoms with E-state index in [0.29, 0.717) is 36.1 Å². The highest BCUT2D eigenvalue weighted by atomic mass is 32.1. The van der Waals surface area contributed by atoms with Crippen LogP contribution >= 0.6 is 11.3 Å². The molecule has 0 spiro atoms. The van der Waals surface area contributed by atoms with Gasteiger partial charge in [0, 0.05) is 12.2 Å². The van der Waals surface area contributed by atoms with E-state index in [9.17, 15) is 4.79 Å². The SMILES string of the molecule is N#Cc1ccc(NC(=O)N2CCOC[C@H]2c2nc(-c3cccs3)no2)cc1. The molecule has 2 aromatic heterocycles. The number of nitriles is 1. The second-order valence-electron chi connectivity index (χ2n) is 5.84. The average molecular weight is 381 g/mol. The van der Waals surface area contributed by atoms with E-state index < -0.39 is 6.04 Å². The van der Waals surface area contributed by atoms with Crippen molar-refractivity contribution in [2.45, 2.75) is 6.04 Å². The Hall–Kier alpha value is -3.22. The summed E-state index contributed by atoms with van der Waals surface area (Å²) in [4.78, 5) is 19.7. The highest BCUT2D eigenvalue weighted by Gasteiger charge is 2.33. The Balaban J connectivity index is 1.51. The monoisotopic (exact) mass is 381 g/mol. The first-order chi connectivity index (χ1) is 13.2. The molecule has 2 amide bonds. The van der Waals surface area contributed by atoms with E-state index in [1.54, 1.807) is 29.2 Å². The molecule has 0 radical (unpaired) electrons. The molecule has 136 valence electrons. The number of ether oxygens (including phenoxy) is 1. The molecule has 9 heteroatoms. The second-order valence-corrected chi connectivity index (χ2v) is 6.78. The number of carbonyl (C=O) groups is 1. The number of rotatable bonds is 3. The van der Waals surface area contributed by atoms with Gasteiger partial charge in [0.15, 0.2) is 0 Å². The number of urea groups is 1. The highest BCUT2D eigenvalue weighted by Crippen LogP contribution is 2.27. The molecule has 0 bridgehead atoms. The van der Waals surface area contributed by atoms with Crippen molar-refractivity contribution in [2.75, 3.05) is 25.1 Å². The number of benzene rings is 1. The van der Waals surface area contributed by atoms with Crippen molar-refractivity contribution >= 4 is 23.1 Å². The maximum absolute atomic E-state index is 12.7. The standard InChI is InChI=1S/C18H15N5O3S/c19-10-12-3-5-13(6-4-12)20-18(24)23-7-8-25-11-14(23)17-21-16(22-26-17)15-2-1-9-27-15/h1-6,9,14H,7-8,11H2,(H,20,24)/t14-/m0/s1. The molecule has 3 heterocycles. The van der Waals surface area contributed by atoms with Crippen molar-refractivity contribution in [1.29, 1.82) is 5.26 Å². The molecule has 0 aliphatic carbocycles. The van der Waals surface area contributed by atoms with Crippen LogP contribution in [0.1, 0.15) is 17.5 Å². The molecule has 27 heavy (non-hydrogen) atoms. The molecule has 4 rings (SSSR count). The number of morpholine rings is 1. The summed E-state index contributed by atoms with van der Waals surface area (Å²) >= 11 is 1.52. The molecule has 1 N–H and O–H groups in total. The second kappa shape index (κ2) is 7.57. The summed E-state index contributed by atoms with van der Waals surface area (Å²) in [5.41, 5.74) is 1.14. The Labute approximate surface area is 159 Å². The molecule has 1 saturated heterocycles. The van der Waals surface area contributed by atoms with Crippen LogP contribution in [-0.4, -0.2) is 40.8 Å². The van der Waals surface area contributed by atoms with E-state index in [2.05, 4.69) is 15.5 Å². The number of aromatic nitrogens is 2. The first-order valence-electron chi connectivity index (χ1n) is 8.27. The van der Waals surface area contributed by atoms with E-state index >= 15 is 0 Å². The molecule has 1 aromatic carbocycles. The van der Waals surface area contributed by atoms with Gasteiger partial charge in [-0.25, -0.2) is 4.79 Å². The minimum atomic E-state index is -0.460. The topological polar surface area (TPSA) is 104 Å². The van der Waals surface area contributed by atoms with Crippen LogP contribution in [0.5, 0.6) is 0 Å². The molecule has 1 aliphatic rings. The molecule has 1 aliphatic heterocycles. The van der Waals surface area contributed by atoms with Gasteiger partial charge in [-0.3, -0.25) is 0 Å². The third-order valence-corrected chi connectivity index (χ3v) is 4.99. The van der Waals surface area contributed by atoms with Gasteiger partial charge in [0.25, 0.3) is 5.89 Å². The quantitative estimate of drug-likeness (QED) is 0.747. The molecule has 8 nitrogen and oxygen atoms in total. The van der Waals surface area contributed by atoms with Crippen molar-refractivity contribution in [1.82, 2.24) is 15.0 Å². The number of hydrogen-bond acceptors (Lipinski definition) is 7. The molecule has 0 unspecified atom stereocenters. The maximum Gasteiger partial charge on any atom is 0.322 e. The molecule has 3 aromatic rings. The smallest absolute Gasteiger partial charge is 0.322 e. The highest BCUT2D eigenvalue weighted by molar-refractivity contribution is 7.13. The van der Waals surface area contributed by atoms with Crippen molar-refractivity contribution < 1.29 is 14.1 Å². The minimum Gasteiger partial charge on any atom is -0.377 e. The molecular weight excluding hydrogens is 366 g/mol. The van der Waals surface area contributed by atoms with E-state index in [-0.39, 0.29) is 12.6 Å². The lowest BCUT2D eigenvalue weighted by atomic mass is 10.2. The minimum absolute atomic E-state index is 0.285. The van der Waals surface area contributed by atoms with Crippen molar-refractivity contribution in [3.63, 3.8) is 0 Å². The summed E-state index contributed by atoms with van der Waals surface area (Å²) in [5, 5.41) is 17.6. The molecule has 1 fully saturated rings. The normalized spacial score (nSPS) is 16.7. The van der Waals surface area contributed by atoms with E-state index in [0.717, 1.165) is 4.88 Å². The van der Waals surface area contributed by atoms with Crippen LogP contribution in [0.4, 0.5) is 10.5 Å². The van der Waals surface area contributed by atoms with Gasteiger partial charge in [-0.15, -0.1) is 11.3 Å². The molecule has 0 saturated carbocycles. The van der Waals surface area contributed by atoms with E-state index in [1.807, 2.05) is 23.6 Å². The fourth-order valence-corrected chi connectivity index (χ4v) is 3.40. The Morgan fingerprint density at radius 2 is 2.19 bits per heavy atom. The number of amides is 2. The Bertz CT molecular complexity index is 962. The van der Waals surface area contributed by atoms with Gasteiger partial charge in [-0.2, -0.15) is 10.2 Å². The van der Waals surface area contributed by atoms with Gasteiger partial charge >= 0.3 is 6.03 Å². The maximum atomic E-state index is 12.7. The summed E-state index contributed by atoms with van der Waals surface area (Å²) in [6, 6.07) is 11.8. The summed E-state index contributed by atoms with van der Waals surface area (Å²) < 4.78 is 10.9. The van der Waals surface area contributed by atoms with Crippen molar-refractivity contribution in [3.8, 4) is 16.8 Å². The average Bonchev–Trinajstić information content (AvgIpc) is 3.40. The van der Waals surface area contributed by atoms with Gasteiger partial charge in [0.2, 0.25) is 5.82 Å². The lowest BCUT2D eigenvalue weighted by Gasteiger charge is -2.33. The number of hydrogen-bond donors (Lipinski definition) is 1. The van der Waals surface area contributed by atoms with Crippen LogP contribution < -0.4 is 5.32 Å². The fourth-order valence-electron chi connectivity index (χ4n) is 2.75. The largest absolute Gasteiger partial charge is 0.377 e. The van der Waals surface area contributed by atoms with Crippen LogP contribution in [0.15, 0.2) is 46.3 Å². The predicted octanol–water partition coefficient (Wildman–Crippen LogP) is 3.28. The summed E-state index contributed by atoms with van der Waals surface area (Å²) in [7, 11) is 0. The number of nitrogens with zero attached hydrogens (tertiary/aromatic N) is 4. The summed E-state index contributed by atoms with van der Waals surface area (Å²) in [6.45, 7) is 1.12. The zero-order valence-corrected chi connectivity index (χ0v) is 15.0. The van der Waals surface area contributed by atoms with E-state index in [4.69, 9.17) is 14.5 Å².